The highest BCUT2D eigenvalue weighted by Crippen LogP contribution is 2.34. The molecule has 2 aromatic carbocycles. The van der Waals surface area contributed by atoms with Crippen molar-refractivity contribution in [2.45, 2.75) is 12.7 Å². The van der Waals surface area contributed by atoms with Crippen molar-refractivity contribution in [3.63, 3.8) is 0 Å². The summed E-state index contributed by atoms with van der Waals surface area (Å²) >= 11 is 1.39. The number of rotatable bonds is 6. The highest BCUT2D eigenvalue weighted by molar-refractivity contribution is 7.13. The van der Waals surface area contributed by atoms with Gasteiger partial charge in [-0.15, -0.1) is 11.3 Å². The molecule has 0 saturated carbocycles. The maximum absolute atomic E-state index is 13.0. The zero-order chi connectivity index (χ0) is 24.3. The molecular weight excluding hydrogens is 467 g/mol. The van der Waals surface area contributed by atoms with Gasteiger partial charge in [0.05, 0.1) is 19.8 Å². The van der Waals surface area contributed by atoms with Gasteiger partial charge in [0.15, 0.2) is 11.5 Å². The Morgan fingerprint density at radius 3 is 2.29 bits per heavy atom. The monoisotopic (exact) mass is 491 g/mol. The average Bonchev–Trinajstić information content (AvgIpc) is 3.34. The molecule has 1 amide bonds. The normalized spacial score (nSPS) is 14.8. The fourth-order valence-electron chi connectivity index (χ4n) is 3.80. The zero-order valence-electron chi connectivity index (χ0n) is 18.8. The van der Waals surface area contributed by atoms with E-state index in [9.17, 15) is 18.0 Å². The zero-order valence-corrected chi connectivity index (χ0v) is 19.6. The van der Waals surface area contributed by atoms with Crippen LogP contribution in [0.3, 0.4) is 0 Å². The summed E-state index contributed by atoms with van der Waals surface area (Å²) in [7, 11) is 3.14. The third-order valence-corrected chi connectivity index (χ3v) is 6.59. The van der Waals surface area contributed by atoms with Crippen molar-refractivity contribution in [2.75, 3.05) is 40.4 Å². The first kappa shape index (κ1) is 24.0. The fourth-order valence-corrected chi connectivity index (χ4v) is 4.59. The molecule has 34 heavy (non-hydrogen) atoms. The van der Waals surface area contributed by atoms with E-state index in [2.05, 4.69) is 9.88 Å². The number of benzene rings is 2. The van der Waals surface area contributed by atoms with Gasteiger partial charge < -0.3 is 14.4 Å². The molecule has 1 fully saturated rings. The van der Waals surface area contributed by atoms with Gasteiger partial charge in [-0.3, -0.25) is 9.69 Å². The largest absolute Gasteiger partial charge is 0.493 e. The number of amides is 1. The molecule has 1 aliphatic rings. The van der Waals surface area contributed by atoms with Crippen molar-refractivity contribution in [1.29, 1.82) is 0 Å². The minimum Gasteiger partial charge on any atom is -0.493 e. The van der Waals surface area contributed by atoms with Crippen molar-refractivity contribution >= 4 is 17.2 Å². The van der Waals surface area contributed by atoms with Crippen LogP contribution in [0.15, 0.2) is 47.8 Å². The second-order valence-corrected chi connectivity index (χ2v) is 8.73. The third-order valence-electron chi connectivity index (χ3n) is 5.70. The van der Waals surface area contributed by atoms with Crippen LogP contribution in [-0.2, 0) is 12.7 Å². The lowest BCUT2D eigenvalue weighted by Gasteiger charge is -2.34. The maximum atomic E-state index is 13.0. The van der Waals surface area contributed by atoms with Crippen LogP contribution in [-0.4, -0.2) is 61.1 Å². The first-order chi connectivity index (χ1) is 16.3. The minimum atomic E-state index is -4.33. The summed E-state index contributed by atoms with van der Waals surface area (Å²) in [5.41, 5.74) is 1.39. The molecule has 10 heteroatoms. The van der Waals surface area contributed by atoms with Crippen molar-refractivity contribution in [3.8, 4) is 22.1 Å². The van der Waals surface area contributed by atoms with Gasteiger partial charge in [-0.2, -0.15) is 13.2 Å². The Hall–Kier alpha value is -3.11. The molecule has 3 aromatic rings. The Kier molecular flexibility index (Phi) is 7.08. The van der Waals surface area contributed by atoms with E-state index in [0.29, 0.717) is 54.9 Å². The predicted octanol–water partition coefficient (Wildman–Crippen LogP) is 4.80. The summed E-state index contributed by atoms with van der Waals surface area (Å²) in [5, 5.41) is 2.47. The van der Waals surface area contributed by atoms with E-state index in [1.165, 1.54) is 23.5 Å². The maximum Gasteiger partial charge on any atom is 0.416 e. The summed E-state index contributed by atoms with van der Waals surface area (Å²) in [6.07, 6.45) is -4.33. The van der Waals surface area contributed by atoms with Crippen molar-refractivity contribution in [2.24, 2.45) is 0 Å². The van der Waals surface area contributed by atoms with Crippen LogP contribution in [0.2, 0.25) is 0 Å². The number of piperazine rings is 1. The number of thiazole rings is 1. The Morgan fingerprint density at radius 1 is 1.00 bits per heavy atom. The SMILES string of the molecule is COc1ccc(-c2nc(C(=O)N3CCN(Cc4ccc(C(F)(F)F)cc4)CC3)cs2)cc1OC. The number of carbonyl (C=O) groups is 1. The van der Waals surface area contributed by atoms with Gasteiger partial charge in [-0.25, -0.2) is 4.98 Å². The van der Waals surface area contributed by atoms with Crippen LogP contribution in [0.4, 0.5) is 13.2 Å². The second-order valence-electron chi connectivity index (χ2n) is 7.87. The highest BCUT2D eigenvalue weighted by atomic mass is 32.1. The lowest BCUT2D eigenvalue weighted by molar-refractivity contribution is -0.137. The van der Waals surface area contributed by atoms with Gasteiger partial charge in [0.2, 0.25) is 0 Å². The molecule has 0 unspecified atom stereocenters. The number of ether oxygens (including phenoxy) is 2. The topological polar surface area (TPSA) is 54.9 Å². The second kappa shape index (κ2) is 10.0. The Bertz CT molecular complexity index is 1140. The van der Waals surface area contributed by atoms with Crippen LogP contribution in [0.5, 0.6) is 11.5 Å². The predicted molar refractivity (Wildman–Crippen MR) is 123 cm³/mol. The average molecular weight is 492 g/mol. The molecule has 0 radical (unpaired) electrons. The van der Waals surface area contributed by atoms with E-state index in [1.54, 1.807) is 30.6 Å². The van der Waals surface area contributed by atoms with Gasteiger partial charge in [-0.05, 0) is 35.9 Å². The van der Waals surface area contributed by atoms with E-state index in [-0.39, 0.29) is 5.91 Å². The standard InChI is InChI=1S/C24H24F3N3O3S/c1-32-20-8-5-17(13-21(20)33-2)22-28-19(15-34-22)23(31)30-11-9-29(10-12-30)14-16-3-6-18(7-4-16)24(25,26)27/h3-8,13,15H,9-12,14H2,1-2H3. The van der Waals surface area contributed by atoms with Crippen LogP contribution in [0.25, 0.3) is 10.6 Å². The molecule has 0 N–H and O–H groups in total. The number of alkyl halides is 3. The molecule has 180 valence electrons. The van der Waals surface area contributed by atoms with E-state index >= 15 is 0 Å². The third kappa shape index (κ3) is 5.34. The lowest BCUT2D eigenvalue weighted by atomic mass is 10.1. The molecule has 0 atom stereocenters. The molecule has 0 spiro atoms. The molecule has 2 heterocycles. The van der Waals surface area contributed by atoms with Gasteiger partial charge in [-0.1, -0.05) is 12.1 Å². The summed E-state index contributed by atoms with van der Waals surface area (Å²) in [4.78, 5) is 21.4. The number of hydrogen-bond donors (Lipinski definition) is 0. The quantitative estimate of drug-likeness (QED) is 0.496. The Balaban J connectivity index is 1.35. The number of hydrogen-bond acceptors (Lipinski definition) is 6. The first-order valence-corrected chi connectivity index (χ1v) is 11.5. The summed E-state index contributed by atoms with van der Waals surface area (Å²) in [6, 6.07) is 10.7. The van der Waals surface area contributed by atoms with Crippen molar-refractivity contribution < 1.29 is 27.4 Å². The van der Waals surface area contributed by atoms with E-state index in [0.717, 1.165) is 23.3 Å². The van der Waals surface area contributed by atoms with E-state index < -0.39 is 11.7 Å². The van der Waals surface area contributed by atoms with Crippen LogP contribution < -0.4 is 9.47 Å². The van der Waals surface area contributed by atoms with Crippen LogP contribution in [0, 0.1) is 0 Å². The summed E-state index contributed by atoms with van der Waals surface area (Å²) < 4.78 is 48.8. The molecule has 0 bridgehead atoms. The van der Waals surface area contributed by atoms with Crippen LogP contribution in [0.1, 0.15) is 21.6 Å². The Morgan fingerprint density at radius 2 is 1.68 bits per heavy atom. The first-order valence-electron chi connectivity index (χ1n) is 10.6. The smallest absolute Gasteiger partial charge is 0.416 e. The molecule has 1 aliphatic heterocycles. The summed E-state index contributed by atoms with van der Waals surface area (Å²) in [6.45, 7) is 2.88. The molecule has 1 saturated heterocycles. The minimum absolute atomic E-state index is 0.128. The van der Waals surface area contributed by atoms with Gasteiger partial charge in [0, 0.05) is 43.7 Å². The number of carbonyl (C=O) groups excluding carboxylic acids is 1. The van der Waals surface area contributed by atoms with E-state index in [1.807, 2.05) is 12.1 Å². The molecular formula is C24H24F3N3O3S. The molecule has 0 aliphatic carbocycles. The molecule has 4 rings (SSSR count). The molecule has 6 nitrogen and oxygen atoms in total. The number of aromatic nitrogens is 1. The summed E-state index contributed by atoms with van der Waals surface area (Å²) in [5.74, 6) is 1.08. The number of nitrogens with zero attached hydrogens (tertiary/aromatic N) is 3. The Labute approximate surface area is 199 Å². The number of halogens is 3. The van der Waals surface area contributed by atoms with E-state index in [4.69, 9.17) is 9.47 Å². The van der Waals surface area contributed by atoms with Gasteiger partial charge in [0.1, 0.15) is 10.7 Å². The van der Waals surface area contributed by atoms with Crippen molar-refractivity contribution in [1.82, 2.24) is 14.8 Å². The fraction of sp³-hybridized carbons (Fsp3) is 0.333. The number of methoxy groups -OCH3 is 2. The lowest BCUT2D eigenvalue weighted by Crippen LogP contribution is -2.48. The highest BCUT2D eigenvalue weighted by Gasteiger charge is 2.30. The van der Waals surface area contributed by atoms with Gasteiger partial charge >= 0.3 is 6.18 Å². The van der Waals surface area contributed by atoms with Crippen LogP contribution >= 0.6 is 11.3 Å². The van der Waals surface area contributed by atoms with Crippen molar-refractivity contribution in [3.05, 3.63) is 64.7 Å². The molecule has 1 aromatic heterocycles. The van der Waals surface area contributed by atoms with Gasteiger partial charge in [0.25, 0.3) is 5.91 Å².